The Morgan fingerprint density at radius 3 is 2.48 bits per heavy atom. The lowest BCUT2D eigenvalue weighted by Gasteiger charge is -2.34. The second-order valence-electron chi connectivity index (χ2n) is 7.74. The molecular formula is C25H31N5O. The smallest absolute Gasteiger partial charge is 0.194 e. The fraction of sp³-hybridized carbons (Fsp3) is 0.360. The quantitative estimate of drug-likeness (QED) is 0.467. The molecule has 1 fully saturated rings. The highest BCUT2D eigenvalue weighted by molar-refractivity contribution is 5.80. The summed E-state index contributed by atoms with van der Waals surface area (Å²) in [4.78, 5) is 11.8. The summed E-state index contributed by atoms with van der Waals surface area (Å²) in [7, 11) is 0. The molecule has 162 valence electrons. The Balaban J connectivity index is 1.36. The first-order chi connectivity index (χ1) is 15.3. The number of aliphatic imine (C=N–C) groups is 1. The molecule has 0 radical (unpaired) electrons. The van der Waals surface area contributed by atoms with Crippen molar-refractivity contribution in [2.75, 3.05) is 19.6 Å². The highest BCUT2D eigenvalue weighted by Crippen LogP contribution is 2.19. The summed E-state index contributed by atoms with van der Waals surface area (Å²) in [6.07, 6.45) is 6.11. The molecule has 4 rings (SSSR count). The Labute approximate surface area is 184 Å². The summed E-state index contributed by atoms with van der Waals surface area (Å²) in [5.74, 6) is 2.88. The average Bonchev–Trinajstić information content (AvgIpc) is 3.25. The van der Waals surface area contributed by atoms with Crippen LogP contribution in [0.25, 0.3) is 0 Å². The third-order valence-corrected chi connectivity index (χ3v) is 5.49. The van der Waals surface area contributed by atoms with E-state index in [1.807, 2.05) is 48.8 Å². The molecule has 1 aromatic heterocycles. The van der Waals surface area contributed by atoms with Gasteiger partial charge in [0.05, 0.1) is 0 Å². The molecule has 3 aromatic rings. The highest BCUT2D eigenvalue weighted by atomic mass is 16.5. The molecule has 1 aliphatic heterocycles. The van der Waals surface area contributed by atoms with Crippen LogP contribution in [-0.2, 0) is 13.1 Å². The summed E-state index contributed by atoms with van der Waals surface area (Å²) in [5.41, 5.74) is 1.26. The van der Waals surface area contributed by atoms with Gasteiger partial charge in [0.15, 0.2) is 5.96 Å². The summed E-state index contributed by atoms with van der Waals surface area (Å²) < 4.78 is 8.30. The third kappa shape index (κ3) is 5.87. The van der Waals surface area contributed by atoms with Gasteiger partial charge in [-0.3, -0.25) is 0 Å². The second kappa shape index (κ2) is 10.7. The van der Waals surface area contributed by atoms with Crippen molar-refractivity contribution >= 4 is 5.96 Å². The lowest BCUT2D eigenvalue weighted by atomic mass is 10.1. The van der Waals surface area contributed by atoms with Crippen molar-refractivity contribution in [2.45, 2.75) is 39.0 Å². The first kappa shape index (κ1) is 21.0. The molecule has 31 heavy (non-hydrogen) atoms. The molecule has 0 atom stereocenters. The van der Waals surface area contributed by atoms with E-state index >= 15 is 0 Å². The topological polar surface area (TPSA) is 54.7 Å². The van der Waals surface area contributed by atoms with Crippen molar-refractivity contribution in [1.82, 2.24) is 19.8 Å². The van der Waals surface area contributed by atoms with Crippen LogP contribution >= 0.6 is 0 Å². The number of piperidine rings is 1. The molecule has 0 unspecified atom stereocenters. The normalized spacial score (nSPS) is 15.1. The van der Waals surface area contributed by atoms with Crippen LogP contribution in [0.5, 0.6) is 5.75 Å². The minimum Gasteiger partial charge on any atom is -0.490 e. The van der Waals surface area contributed by atoms with Gasteiger partial charge in [-0.15, -0.1) is 0 Å². The maximum absolute atomic E-state index is 6.13. The largest absolute Gasteiger partial charge is 0.490 e. The van der Waals surface area contributed by atoms with Gasteiger partial charge in [-0.05, 0) is 24.6 Å². The van der Waals surface area contributed by atoms with Crippen molar-refractivity contribution in [1.29, 1.82) is 0 Å². The fourth-order valence-corrected chi connectivity index (χ4v) is 3.86. The van der Waals surface area contributed by atoms with Crippen LogP contribution in [0, 0.1) is 0 Å². The highest BCUT2D eigenvalue weighted by Gasteiger charge is 2.22. The molecular weight excluding hydrogens is 386 g/mol. The van der Waals surface area contributed by atoms with Crippen molar-refractivity contribution in [3.05, 3.63) is 84.4 Å². The number of benzene rings is 2. The van der Waals surface area contributed by atoms with E-state index < -0.39 is 0 Å². The van der Waals surface area contributed by atoms with E-state index in [-0.39, 0.29) is 6.10 Å². The zero-order chi connectivity index (χ0) is 21.3. The number of nitrogens with one attached hydrogen (secondary N) is 1. The van der Waals surface area contributed by atoms with Gasteiger partial charge < -0.3 is 19.5 Å². The van der Waals surface area contributed by atoms with Gasteiger partial charge >= 0.3 is 0 Å². The molecule has 1 aliphatic rings. The SMILES string of the molecule is CCNC(=NCc1nccn1Cc1ccccc1)N1CCC(Oc2ccccc2)CC1. The third-order valence-electron chi connectivity index (χ3n) is 5.49. The lowest BCUT2D eigenvalue weighted by Crippen LogP contribution is -2.47. The molecule has 0 saturated carbocycles. The predicted molar refractivity (Wildman–Crippen MR) is 124 cm³/mol. The number of nitrogens with zero attached hydrogens (tertiary/aromatic N) is 4. The second-order valence-corrected chi connectivity index (χ2v) is 7.74. The van der Waals surface area contributed by atoms with Crippen molar-refractivity contribution in [3.63, 3.8) is 0 Å². The van der Waals surface area contributed by atoms with Gasteiger partial charge in [-0.2, -0.15) is 0 Å². The standard InChI is InChI=1S/C25H31N5O/c1-2-26-25(29-16-13-23(14-17-29)31-22-11-7-4-8-12-22)28-19-24-27-15-18-30(24)20-21-9-5-3-6-10-21/h3-12,15,18,23H,2,13-14,16-17,19-20H2,1H3,(H,26,28). The zero-order valence-corrected chi connectivity index (χ0v) is 18.2. The van der Waals surface area contributed by atoms with Crippen LogP contribution in [0.3, 0.4) is 0 Å². The van der Waals surface area contributed by atoms with Crippen LogP contribution in [0.1, 0.15) is 31.2 Å². The van der Waals surface area contributed by atoms with Crippen LogP contribution in [0.2, 0.25) is 0 Å². The first-order valence-electron chi connectivity index (χ1n) is 11.1. The number of likely N-dealkylation sites (tertiary alicyclic amines) is 1. The number of hydrogen-bond acceptors (Lipinski definition) is 3. The van der Waals surface area contributed by atoms with E-state index in [4.69, 9.17) is 9.73 Å². The van der Waals surface area contributed by atoms with Crippen LogP contribution in [-0.4, -0.2) is 46.1 Å². The predicted octanol–water partition coefficient (Wildman–Crippen LogP) is 3.94. The van der Waals surface area contributed by atoms with Gasteiger partial charge in [0.1, 0.15) is 24.2 Å². The van der Waals surface area contributed by atoms with Crippen molar-refractivity contribution < 1.29 is 4.74 Å². The van der Waals surface area contributed by atoms with Crippen LogP contribution in [0.4, 0.5) is 0 Å². The van der Waals surface area contributed by atoms with E-state index in [1.54, 1.807) is 0 Å². The summed E-state index contributed by atoms with van der Waals surface area (Å²) >= 11 is 0. The molecule has 6 nitrogen and oxygen atoms in total. The van der Waals surface area contributed by atoms with E-state index in [2.05, 4.69) is 51.0 Å². The van der Waals surface area contributed by atoms with Gasteiger partial charge in [0.25, 0.3) is 0 Å². The molecule has 1 saturated heterocycles. The monoisotopic (exact) mass is 417 g/mol. The molecule has 6 heteroatoms. The van der Waals surface area contributed by atoms with E-state index in [0.717, 1.165) is 56.6 Å². The fourth-order valence-electron chi connectivity index (χ4n) is 3.86. The Morgan fingerprint density at radius 2 is 1.77 bits per heavy atom. The number of para-hydroxylation sites is 1. The minimum absolute atomic E-state index is 0.256. The van der Waals surface area contributed by atoms with E-state index in [9.17, 15) is 0 Å². The zero-order valence-electron chi connectivity index (χ0n) is 18.2. The molecule has 1 N–H and O–H groups in total. The molecule has 0 bridgehead atoms. The van der Waals surface area contributed by atoms with Gasteiger partial charge in [0.2, 0.25) is 0 Å². The number of guanidine groups is 1. The Hall–Kier alpha value is -3.28. The first-order valence-corrected chi connectivity index (χ1v) is 11.1. The van der Waals surface area contributed by atoms with E-state index in [1.165, 1.54) is 5.56 Å². The summed E-state index contributed by atoms with van der Waals surface area (Å²) in [5, 5.41) is 3.45. The van der Waals surface area contributed by atoms with Crippen LogP contribution in [0.15, 0.2) is 78.0 Å². The molecule has 0 amide bonds. The number of ether oxygens (including phenoxy) is 1. The molecule has 0 aliphatic carbocycles. The van der Waals surface area contributed by atoms with Crippen LogP contribution < -0.4 is 10.1 Å². The summed E-state index contributed by atoms with van der Waals surface area (Å²) in [6, 6.07) is 20.5. The number of imidazole rings is 1. The Kier molecular flexibility index (Phi) is 7.21. The lowest BCUT2D eigenvalue weighted by molar-refractivity contribution is 0.129. The maximum Gasteiger partial charge on any atom is 0.194 e. The molecule has 0 spiro atoms. The number of rotatable bonds is 7. The maximum atomic E-state index is 6.13. The minimum atomic E-state index is 0.256. The van der Waals surface area contributed by atoms with Gasteiger partial charge in [0, 0.05) is 51.4 Å². The van der Waals surface area contributed by atoms with Gasteiger partial charge in [-0.25, -0.2) is 9.98 Å². The number of aromatic nitrogens is 2. The average molecular weight is 418 g/mol. The molecule has 2 heterocycles. The van der Waals surface area contributed by atoms with Gasteiger partial charge in [-0.1, -0.05) is 48.5 Å². The van der Waals surface area contributed by atoms with E-state index in [0.29, 0.717) is 6.54 Å². The Morgan fingerprint density at radius 1 is 1.06 bits per heavy atom. The Bertz CT molecular complexity index is 946. The summed E-state index contributed by atoms with van der Waals surface area (Å²) in [6.45, 7) is 6.19. The molecule has 2 aromatic carbocycles. The van der Waals surface area contributed by atoms with Crippen molar-refractivity contribution in [3.8, 4) is 5.75 Å². The number of hydrogen-bond donors (Lipinski definition) is 1. The van der Waals surface area contributed by atoms with Crippen molar-refractivity contribution in [2.24, 2.45) is 4.99 Å².